The number of hydrogen-bond donors (Lipinski definition) is 1. The number of carbonyl (C=O) groups excluding carboxylic acids is 2. The van der Waals surface area contributed by atoms with Gasteiger partial charge in [-0.2, -0.15) is 0 Å². The molecule has 3 rings (SSSR count). The van der Waals surface area contributed by atoms with Gasteiger partial charge in [0.1, 0.15) is 6.54 Å². The van der Waals surface area contributed by atoms with E-state index in [1.807, 2.05) is 61.5 Å². The highest BCUT2D eigenvalue weighted by atomic mass is 32.2. The molecule has 1 aliphatic rings. The monoisotopic (exact) mass is 394 g/mol. The van der Waals surface area contributed by atoms with Gasteiger partial charge < -0.3 is 5.32 Å². The summed E-state index contributed by atoms with van der Waals surface area (Å²) < 4.78 is 0. The highest BCUT2D eigenvalue weighted by Gasteiger charge is 2.30. The van der Waals surface area contributed by atoms with Crippen LogP contribution in [0.5, 0.6) is 0 Å². The van der Waals surface area contributed by atoms with Crippen molar-refractivity contribution >= 4 is 35.3 Å². The molecule has 0 spiro atoms. The Labute approximate surface area is 171 Å². The molecule has 1 aliphatic heterocycles. The molecular formula is C23H26N2O2S. The van der Waals surface area contributed by atoms with Crippen molar-refractivity contribution in [2.24, 2.45) is 5.92 Å². The molecule has 4 nitrogen and oxygen atoms in total. The first-order valence-electron chi connectivity index (χ1n) is 9.58. The van der Waals surface area contributed by atoms with Crippen LogP contribution < -0.4 is 10.2 Å². The maximum absolute atomic E-state index is 13.1. The highest BCUT2D eigenvalue weighted by molar-refractivity contribution is 8.04. The Morgan fingerprint density at radius 2 is 1.86 bits per heavy atom. The molecule has 0 bridgehead atoms. The number of carbonyl (C=O) groups is 2. The number of amides is 2. The maximum Gasteiger partial charge on any atom is 0.265 e. The number of rotatable bonds is 6. The Bertz CT molecular complexity index is 888. The lowest BCUT2D eigenvalue weighted by atomic mass is 10.1. The van der Waals surface area contributed by atoms with Crippen LogP contribution >= 0.6 is 11.8 Å². The van der Waals surface area contributed by atoms with E-state index in [1.165, 1.54) is 17.3 Å². The molecule has 0 aromatic heterocycles. The van der Waals surface area contributed by atoms with Gasteiger partial charge in [-0.3, -0.25) is 14.5 Å². The van der Waals surface area contributed by atoms with Crippen molar-refractivity contribution in [3.05, 3.63) is 64.6 Å². The Morgan fingerprint density at radius 1 is 1.14 bits per heavy atom. The summed E-state index contributed by atoms with van der Waals surface area (Å²) in [7, 11) is 0. The van der Waals surface area contributed by atoms with Crippen molar-refractivity contribution in [3.8, 4) is 0 Å². The predicted molar refractivity (Wildman–Crippen MR) is 116 cm³/mol. The van der Waals surface area contributed by atoms with Crippen LogP contribution in [-0.4, -0.2) is 24.9 Å². The highest BCUT2D eigenvalue weighted by Crippen LogP contribution is 2.41. The van der Waals surface area contributed by atoms with E-state index in [-0.39, 0.29) is 18.4 Å². The fourth-order valence-electron chi connectivity index (χ4n) is 2.93. The van der Waals surface area contributed by atoms with E-state index in [9.17, 15) is 9.59 Å². The van der Waals surface area contributed by atoms with Crippen LogP contribution in [0.2, 0.25) is 0 Å². The zero-order valence-electron chi connectivity index (χ0n) is 16.6. The molecule has 0 atom stereocenters. The first kappa shape index (κ1) is 20.2. The number of thioether (sulfide) groups is 1. The minimum atomic E-state index is -0.136. The van der Waals surface area contributed by atoms with Crippen LogP contribution in [0.15, 0.2) is 58.3 Å². The number of anilines is 1. The van der Waals surface area contributed by atoms with Gasteiger partial charge in [0.05, 0.1) is 10.6 Å². The van der Waals surface area contributed by atoms with E-state index in [4.69, 9.17) is 0 Å². The first-order valence-corrected chi connectivity index (χ1v) is 10.4. The van der Waals surface area contributed by atoms with Gasteiger partial charge in [0.25, 0.3) is 5.91 Å². The predicted octanol–water partition coefficient (Wildman–Crippen LogP) is 4.64. The Balaban J connectivity index is 1.82. The van der Waals surface area contributed by atoms with E-state index in [0.29, 0.717) is 17.4 Å². The van der Waals surface area contributed by atoms with Crippen LogP contribution in [0.1, 0.15) is 31.4 Å². The number of aryl methyl sites for hydroxylation is 1. The molecule has 0 unspecified atom stereocenters. The fourth-order valence-corrected chi connectivity index (χ4v) is 3.99. The summed E-state index contributed by atoms with van der Waals surface area (Å²) in [5.74, 6) is 0.256. The molecule has 0 fully saturated rings. The van der Waals surface area contributed by atoms with Gasteiger partial charge in [-0.05, 0) is 43.0 Å². The molecule has 1 heterocycles. The SMILES string of the molecule is Cc1ccc(C=C2Sc3ccccc3N(CC(=O)NCCC(C)C)C2=O)cc1. The third kappa shape index (κ3) is 5.04. The molecule has 2 aromatic rings. The molecule has 5 heteroatoms. The van der Waals surface area contributed by atoms with Crippen LogP contribution in [0.4, 0.5) is 5.69 Å². The third-order valence-electron chi connectivity index (χ3n) is 4.55. The lowest BCUT2D eigenvalue weighted by Gasteiger charge is -2.29. The smallest absolute Gasteiger partial charge is 0.265 e. The van der Waals surface area contributed by atoms with Gasteiger partial charge in [0.15, 0.2) is 0 Å². The normalized spacial score (nSPS) is 15.1. The van der Waals surface area contributed by atoms with E-state index in [1.54, 1.807) is 4.90 Å². The van der Waals surface area contributed by atoms with Crippen LogP contribution in [0.25, 0.3) is 6.08 Å². The molecule has 0 saturated carbocycles. The largest absolute Gasteiger partial charge is 0.355 e. The second-order valence-electron chi connectivity index (χ2n) is 7.41. The summed E-state index contributed by atoms with van der Waals surface area (Å²) in [4.78, 5) is 28.7. The number of nitrogens with zero attached hydrogens (tertiary/aromatic N) is 1. The summed E-state index contributed by atoms with van der Waals surface area (Å²) in [6.45, 7) is 6.93. The van der Waals surface area contributed by atoms with Gasteiger partial charge >= 0.3 is 0 Å². The summed E-state index contributed by atoms with van der Waals surface area (Å²) in [6.07, 6.45) is 2.82. The lowest BCUT2D eigenvalue weighted by Crippen LogP contribution is -2.43. The molecule has 28 heavy (non-hydrogen) atoms. The zero-order chi connectivity index (χ0) is 20.1. The van der Waals surface area contributed by atoms with Crippen molar-refractivity contribution in [1.29, 1.82) is 0 Å². The van der Waals surface area contributed by atoms with Crippen molar-refractivity contribution in [3.63, 3.8) is 0 Å². The summed E-state index contributed by atoms with van der Waals surface area (Å²) in [5, 5.41) is 2.92. The van der Waals surface area contributed by atoms with E-state index < -0.39 is 0 Å². The Kier molecular flexibility index (Phi) is 6.57. The number of hydrogen-bond acceptors (Lipinski definition) is 3. The zero-order valence-corrected chi connectivity index (χ0v) is 17.4. The topological polar surface area (TPSA) is 49.4 Å². The van der Waals surface area contributed by atoms with Crippen LogP contribution in [-0.2, 0) is 9.59 Å². The fraction of sp³-hybridized carbons (Fsp3) is 0.304. The molecule has 2 aromatic carbocycles. The average molecular weight is 395 g/mol. The third-order valence-corrected chi connectivity index (χ3v) is 5.63. The summed E-state index contributed by atoms with van der Waals surface area (Å²) in [5.41, 5.74) is 2.94. The van der Waals surface area contributed by atoms with Crippen molar-refractivity contribution < 1.29 is 9.59 Å². The van der Waals surface area contributed by atoms with Crippen LogP contribution in [0, 0.1) is 12.8 Å². The minimum Gasteiger partial charge on any atom is -0.355 e. The van der Waals surface area contributed by atoms with Crippen LogP contribution in [0.3, 0.4) is 0 Å². The van der Waals surface area contributed by atoms with Gasteiger partial charge in [-0.25, -0.2) is 0 Å². The van der Waals surface area contributed by atoms with Gasteiger partial charge in [0.2, 0.25) is 5.91 Å². The summed E-state index contributed by atoms with van der Waals surface area (Å²) in [6, 6.07) is 15.8. The lowest BCUT2D eigenvalue weighted by molar-refractivity contribution is -0.122. The number of nitrogens with one attached hydrogen (secondary N) is 1. The molecular weight excluding hydrogens is 368 g/mol. The minimum absolute atomic E-state index is 0.0275. The van der Waals surface area contributed by atoms with E-state index >= 15 is 0 Å². The average Bonchev–Trinajstić information content (AvgIpc) is 2.66. The molecule has 0 radical (unpaired) electrons. The van der Waals surface area contributed by atoms with Gasteiger partial charge in [-0.1, -0.05) is 67.6 Å². The van der Waals surface area contributed by atoms with Gasteiger partial charge in [-0.15, -0.1) is 0 Å². The van der Waals surface area contributed by atoms with Gasteiger partial charge in [0, 0.05) is 11.4 Å². The summed E-state index contributed by atoms with van der Waals surface area (Å²) >= 11 is 1.45. The molecule has 146 valence electrons. The molecule has 0 saturated heterocycles. The Morgan fingerprint density at radius 3 is 2.57 bits per heavy atom. The first-order chi connectivity index (χ1) is 13.4. The maximum atomic E-state index is 13.1. The number of para-hydroxylation sites is 1. The van der Waals surface area contributed by atoms with E-state index in [0.717, 1.165) is 22.6 Å². The second-order valence-corrected chi connectivity index (χ2v) is 8.50. The van der Waals surface area contributed by atoms with Crippen molar-refractivity contribution in [2.75, 3.05) is 18.0 Å². The molecule has 1 N–H and O–H groups in total. The molecule has 2 amide bonds. The standard InChI is InChI=1S/C23H26N2O2S/c1-16(2)12-13-24-22(26)15-25-19-6-4-5-7-20(19)28-21(23(25)27)14-18-10-8-17(3)9-11-18/h4-11,14,16H,12-13,15H2,1-3H3,(H,24,26). The number of fused-ring (bicyclic) bond motifs is 1. The Hall–Kier alpha value is -2.53. The number of benzene rings is 2. The van der Waals surface area contributed by atoms with E-state index in [2.05, 4.69) is 19.2 Å². The quantitative estimate of drug-likeness (QED) is 0.727. The second kappa shape index (κ2) is 9.11. The molecule has 0 aliphatic carbocycles. The van der Waals surface area contributed by atoms with Crippen molar-refractivity contribution in [2.45, 2.75) is 32.1 Å². The van der Waals surface area contributed by atoms with Crippen molar-refractivity contribution in [1.82, 2.24) is 5.32 Å².